The number of amides is 1. The average Bonchev–Trinajstić information content (AvgIpc) is 2.74. The lowest BCUT2D eigenvalue weighted by Crippen LogP contribution is -2.19. The molecule has 0 radical (unpaired) electrons. The van der Waals surface area contributed by atoms with Crippen molar-refractivity contribution in [3.63, 3.8) is 0 Å². The van der Waals surface area contributed by atoms with E-state index in [1.165, 1.54) is 0 Å². The lowest BCUT2D eigenvalue weighted by Gasteiger charge is -2.20. The van der Waals surface area contributed by atoms with Gasteiger partial charge in [-0.15, -0.1) is 0 Å². The van der Waals surface area contributed by atoms with E-state index in [0.29, 0.717) is 11.5 Å². The summed E-state index contributed by atoms with van der Waals surface area (Å²) in [5.74, 6) is 0.671. The van der Waals surface area contributed by atoms with Crippen LogP contribution < -0.4 is 5.32 Å². The third kappa shape index (κ3) is 3.39. The number of nitrogens with one attached hydrogen (secondary N) is 1. The van der Waals surface area contributed by atoms with Gasteiger partial charge in [-0.1, -0.05) is 42.5 Å². The number of benzene rings is 3. The topological polar surface area (TPSA) is 75.1 Å². The number of hydrogen-bond acceptors (Lipinski definition) is 4. The van der Waals surface area contributed by atoms with E-state index in [9.17, 15) is 9.90 Å². The Kier molecular flexibility index (Phi) is 4.43. The fourth-order valence-electron chi connectivity index (χ4n) is 4.04. The third-order valence-corrected chi connectivity index (χ3v) is 5.55. The number of aromatic hydroxyl groups is 1. The molecule has 148 valence electrons. The zero-order valence-corrected chi connectivity index (χ0v) is 16.6. The molecule has 5 rings (SSSR count). The van der Waals surface area contributed by atoms with Crippen molar-refractivity contribution in [1.29, 1.82) is 0 Å². The largest absolute Gasteiger partial charge is 0.508 e. The van der Waals surface area contributed by atoms with Gasteiger partial charge in [-0.2, -0.15) is 0 Å². The molecule has 0 saturated heterocycles. The van der Waals surface area contributed by atoms with Crippen LogP contribution >= 0.6 is 0 Å². The summed E-state index contributed by atoms with van der Waals surface area (Å²) in [7, 11) is 0. The Morgan fingerprint density at radius 3 is 2.70 bits per heavy atom. The van der Waals surface area contributed by atoms with Crippen LogP contribution in [0.3, 0.4) is 0 Å². The number of fused-ring (bicyclic) bond motifs is 4. The van der Waals surface area contributed by atoms with Crippen LogP contribution in [0.2, 0.25) is 0 Å². The van der Waals surface area contributed by atoms with Crippen molar-refractivity contribution in [3.8, 4) is 17.0 Å². The Bertz CT molecular complexity index is 1300. The maximum atomic E-state index is 12.7. The van der Waals surface area contributed by atoms with E-state index in [1.54, 1.807) is 12.1 Å². The summed E-state index contributed by atoms with van der Waals surface area (Å²) in [6, 6.07) is 19.5. The van der Waals surface area contributed by atoms with Crippen molar-refractivity contribution in [3.05, 3.63) is 83.2 Å². The summed E-state index contributed by atoms with van der Waals surface area (Å²) < 4.78 is 0. The lowest BCUT2D eigenvalue weighted by atomic mass is 9.91. The number of aromatic nitrogens is 2. The van der Waals surface area contributed by atoms with Crippen molar-refractivity contribution in [2.75, 3.05) is 5.32 Å². The fraction of sp³-hybridized carbons (Fsp3) is 0.160. The molecule has 1 heterocycles. The van der Waals surface area contributed by atoms with E-state index in [1.807, 2.05) is 49.4 Å². The highest BCUT2D eigenvalue weighted by molar-refractivity contribution is 5.93. The van der Waals surface area contributed by atoms with Crippen molar-refractivity contribution in [2.24, 2.45) is 0 Å². The number of nitrogens with zero attached hydrogens (tertiary/aromatic N) is 2. The molecular weight excluding hydrogens is 374 g/mol. The van der Waals surface area contributed by atoms with E-state index in [2.05, 4.69) is 11.4 Å². The SMILES string of the molecule is Cc1nc2c(nc1NC(=O)Cc1ccc3ccccc3c1)CCc1cc(O)ccc1-2. The Hall–Kier alpha value is -3.73. The van der Waals surface area contributed by atoms with Gasteiger partial charge in [-0.3, -0.25) is 4.79 Å². The van der Waals surface area contributed by atoms with Crippen LogP contribution in [0, 0.1) is 6.92 Å². The molecule has 5 nitrogen and oxygen atoms in total. The molecule has 1 aliphatic carbocycles. The summed E-state index contributed by atoms with van der Waals surface area (Å²) in [6.45, 7) is 1.85. The van der Waals surface area contributed by atoms with Crippen molar-refractivity contribution in [2.45, 2.75) is 26.2 Å². The molecule has 0 fully saturated rings. The molecule has 1 aromatic heterocycles. The fourth-order valence-corrected chi connectivity index (χ4v) is 4.04. The number of carbonyl (C=O) groups excluding carboxylic acids is 1. The summed E-state index contributed by atoms with van der Waals surface area (Å²) in [4.78, 5) is 22.1. The smallest absolute Gasteiger partial charge is 0.229 e. The average molecular weight is 395 g/mol. The van der Waals surface area contributed by atoms with Crippen LogP contribution in [-0.2, 0) is 24.1 Å². The summed E-state index contributed by atoms with van der Waals surface area (Å²) in [5, 5.41) is 14.9. The predicted octanol–water partition coefficient (Wildman–Crippen LogP) is 4.59. The van der Waals surface area contributed by atoms with Crippen LogP contribution in [0.5, 0.6) is 5.75 Å². The highest BCUT2D eigenvalue weighted by Gasteiger charge is 2.21. The zero-order chi connectivity index (χ0) is 20.7. The van der Waals surface area contributed by atoms with Crippen LogP contribution in [0.1, 0.15) is 22.5 Å². The number of aryl methyl sites for hydroxylation is 3. The standard InChI is InChI=1S/C25H21N3O2/c1-15-25(27-22-11-8-19-14-20(29)9-10-21(19)24(22)26-15)28-23(30)13-16-6-7-17-4-2-3-5-18(17)12-16/h2-7,9-10,12,14,29H,8,11,13H2,1H3,(H,27,28,30). The molecule has 0 unspecified atom stereocenters. The van der Waals surface area contributed by atoms with E-state index < -0.39 is 0 Å². The molecule has 1 aliphatic rings. The first-order valence-electron chi connectivity index (χ1n) is 10.0. The molecule has 0 atom stereocenters. The number of rotatable bonds is 3. The number of carbonyl (C=O) groups is 1. The molecule has 30 heavy (non-hydrogen) atoms. The highest BCUT2D eigenvalue weighted by atomic mass is 16.3. The minimum atomic E-state index is -0.108. The van der Waals surface area contributed by atoms with Gasteiger partial charge in [-0.25, -0.2) is 9.97 Å². The Morgan fingerprint density at radius 1 is 1.00 bits per heavy atom. The predicted molar refractivity (Wildman–Crippen MR) is 118 cm³/mol. The van der Waals surface area contributed by atoms with Crippen LogP contribution in [-0.4, -0.2) is 21.0 Å². The second kappa shape index (κ2) is 7.26. The van der Waals surface area contributed by atoms with E-state index in [-0.39, 0.29) is 18.1 Å². The minimum absolute atomic E-state index is 0.108. The van der Waals surface area contributed by atoms with Gasteiger partial charge >= 0.3 is 0 Å². The Morgan fingerprint density at radius 2 is 1.83 bits per heavy atom. The molecule has 0 bridgehead atoms. The van der Waals surface area contributed by atoms with Gasteiger partial charge in [0.1, 0.15) is 5.75 Å². The lowest BCUT2D eigenvalue weighted by molar-refractivity contribution is -0.115. The van der Waals surface area contributed by atoms with E-state index in [0.717, 1.165) is 51.7 Å². The molecule has 1 amide bonds. The maximum absolute atomic E-state index is 12.7. The highest BCUT2D eigenvalue weighted by Crippen LogP contribution is 2.34. The summed E-state index contributed by atoms with van der Waals surface area (Å²) in [6.07, 6.45) is 1.80. The van der Waals surface area contributed by atoms with Crippen molar-refractivity contribution < 1.29 is 9.90 Å². The molecule has 5 heteroatoms. The number of phenols is 1. The number of anilines is 1. The zero-order valence-electron chi connectivity index (χ0n) is 16.6. The number of phenolic OH excluding ortho intramolecular Hbond substituents is 1. The molecule has 0 spiro atoms. The van der Waals surface area contributed by atoms with E-state index >= 15 is 0 Å². The van der Waals surface area contributed by atoms with Gasteiger partial charge in [0.15, 0.2) is 5.82 Å². The molecule has 0 saturated carbocycles. The van der Waals surface area contributed by atoms with Crippen LogP contribution in [0.15, 0.2) is 60.7 Å². The number of hydrogen-bond donors (Lipinski definition) is 2. The Balaban J connectivity index is 1.38. The first kappa shape index (κ1) is 18.3. The Labute approximate surface area is 174 Å². The monoisotopic (exact) mass is 395 g/mol. The molecule has 0 aliphatic heterocycles. The second-order valence-electron chi connectivity index (χ2n) is 7.70. The van der Waals surface area contributed by atoms with Gasteiger partial charge in [-0.05, 0) is 59.9 Å². The van der Waals surface area contributed by atoms with E-state index in [4.69, 9.17) is 9.97 Å². The van der Waals surface area contributed by atoms with Crippen molar-refractivity contribution in [1.82, 2.24) is 9.97 Å². The van der Waals surface area contributed by atoms with Crippen LogP contribution in [0.25, 0.3) is 22.0 Å². The molecule has 2 N–H and O–H groups in total. The maximum Gasteiger partial charge on any atom is 0.229 e. The molecule has 4 aromatic rings. The van der Waals surface area contributed by atoms with Gasteiger partial charge < -0.3 is 10.4 Å². The van der Waals surface area contributed by atoms with Gasteiger partial charge in [0.25, 0.3) is 0 Å². The molecule has 3 aromatic carbocycles. The normalized spacial score (nSPS) is 12.3. The summed E-state index contributed by atoms with van der Waals surface area (Å²) >= 11 is 0. The minimum Gasteiger partial charge on any atom is -0.508 e. The second-order valence-corrected chi connectivity index (χ2v) is 7.70. The van der Waals surface area contributed by atoms with Gasteiger partial charge in [0.05, 0.1) is 23.5 Å². The first-order chi connectivity index (χ1) is 14.6. The molecular formula is C25H21N3O2. The first-order valence-corrected chi connectivity index (χ1v) is 10.0. The summed E-state index contributed by atoms with van der Waals surface area (Å²) in [5.41, 5.74) is 5.43. The third-order valence-electron chi connectivity index (χ3n) is 5.55. The van der Waals surface area contributed by atoms with Crippen LogP contribution in [0.4, 0.5) is 5.82 Å². The van der Waals surface area contributed by atoms with Crippen molar-refractivity contribution >= 4 is 22.5 Å². The van der Waals surface area contributed by atoms with Gasteiger partial charge in [0.2, 0.25) is 5.91 Å². The quantitative estimate of drug-likeness (QED) is 0.532. The van der Waals surface area contributed by atoms with Gasteiger partial charge in [0, 0.05) is 5.56 Å².